The van der Waals surface area contributed by atoms with Crippen LogP contribution in [0.3, 0.4) is 0 Å². The molecule has 0 amide bonds. The molecule has 0 bridgehead atoms. The number of rotatable bonds is 4. The van der Waals surface area contributed by atoms with E-state index in [2.05, 4.69) is 4.98 Å². The smallest absolute Gasteiger partial charge is 0.150 e. The molecule has 0 fully saturated rings. The summed E-state index contributed by atoms with van der Waals surface area (Å²) in [6.07, 6.45) is 6.14. The van der Waals surface area contributed by atoms with E-state index in [1.54, 1.807) is 12.4 Å². The summed E-state index contributed by atoms with van der Waals surface area (Å²) in [5.41, 5.74) is 1.62. The molecule has 1 rings (SSSR count). The lowest BCUT2D eigenvalue weighted by atomic mass is 10.1. The first-order valence-corrected chi connectivity index (χ1v) is 4.44. The van der Waals surface area contributed by atoms with E-state index in [0.717, 1.165) is 18.4 Å². The molecule has 0 spiro atoms. The second-order valence-electron chi connectivity index (χ2n) is 3.28. The average molecular weight is 190 g/mol. The van der Waals surface area contributed by atoms with Crippen molar-refractivity contribution in [3.05, 3.63) is 36.2 Å². The summed E-state index contributed by atoms with van der Waals surface area (Å²) in [7, 11) is 3.93. The lowest BCUT2D eigenvalue weighted by molar-refractivity contribution is -0.103. The van der Waals surface area contributed by atoms with E-state index < -0.39 is 0 Å². The van der Waals surface area contributed by atoms with Gasteiger partial charge in [-0.3, -0.25) is 9.78 Å². The van der Waals surface area contributed by atoms with E-state index in [1.807, 2.05) is 37.2 Å². The summed E-state index contributed by atoms with van der Waals surface area (Å²) in [6.45, 7) is 0.760. The monoisotopic (exact) mass is 190 g/mol. The van der Waals surface area contributed by atoms with Crippen LogP contribution in [-0.4, -0.2) is 36.8 Å². The maximum absolute atomic E-state index is 10.8. The number of hydrogen-bond acceptors (Lipinski definition) is 3. The van der Waals surface area contributed by atoms with E-state index in [9.17, 15) is 4.79 Å². The van der Waals surface area contributed by atoms with Gasteiger partial charge in [0.2, 0.25) is 0 Å². The van der Waals surface area contributed by atoms with Crippen molar-refractivity contribution < 1.29 is 4.79 Å². The zero-order valence-corrected chi connectivity index (χ0v) is 8.47. The Bertz CT molecular complexity index is 317. The molecule has 0 unspecified atom stereocenters. The van der Waals surface area contributed by atoms with Crippen LogP contribution in [0.2, 0.25) is 0 Å². The minimum Gasteiger partial charge on any atom is -0.306 e. The molecule has 1 aromatic rings. The minimum absolute atomic E-state index is 0.709. The molecule has 74 valence electrons. The number of carbonyl (C=O) groups excluding carboxylic acids is 1. The van der Waals surface area contributed by atoms with Gasteiger partial charge in [-0.2, -0.15) is 0 Å². The van der Waals surface area contributed by atoms with Crippen LogP contribution in [0.15, 0.2) is 30.6 Å². The van der Waals surface area contributed by atoms with Gasteiger partial charge in [0, 0.05) is 24.5 Å². The van der Waals surface area contributed by atoms with Gasteiger partial charge in [0.05, 0.1) is 0 Å². The standard InChI is InChI=1S/C11H14N2O/c1-13(2)8-5-11(9-14)10-3-6-12-7-4-10/h3-7,9H,8H2,1-2H3. The summed E-state index contributed by atoms with van der Waals surface area (Å²) in [5, 5.41) is 0. The molecule has 1 heterocycles. The van der Waals surface area contributed by atoms with Gasteiger partial charge in [-0.1, -0.05) is 6.08 Å². The highest BCUT2D eigenvalue weighted by atomic mass is 16.1. The second-order valence-corrected chi connectivity index (χ2v) is 3.28. The predicted octanol–water partition coefficient (Wildman–Crippen LogP) is 1.23. The number of allylic oxidation sites excluding steroid dienone is 1. The molecule has 3 heteroatoms. The Balaban J connectivity index is 2.82. The Morgan fingerprint density at radius 3 is 2.57 bits per heavy atom. The van der Waals surface area contributed by atoms with Crippen molar-refractivity contribution >= 4 is 11.9 Å². The fourth-order valence-electron chi connectivity index (χ4n) is 1.06. The van der Waals surface area contributed by atoms with Crippen LogP contribution in [0.4, 0.5) is 0 Å². The zero-order chi connectivity index (χ0) is 10.4. The molecule has 0 aromatic carbocycles. The first kappa shape index (κ1) is 10.6. The SMILES string of the molecule is CN(C)CC=C(C=O)c1ccncc1. The molecule has 3 nitrogen and oxygen atoms in total. The molecule has 0 atom stereocenters. The summed E-state index contributed by atoms with van der Waals surface area (Å²) in [6, 6.07) is 3.66. The van der Waals surface area contributed by atoms with Crippen LogP contribution >= 0.6 is 0 Å². The van der Waals surface area contributed by atoms with Crippen LogP contribution in [0.1, 0.15) is 5.56 Å². The molecule has 0 N–H and O–H groups in total. The van der Waals surface area contributed by atoms with Crippen molar-refractivity contribution in [3.8, 4) is 0 Å². The zero-order valence-electron chi connectivity index (χ0n) is 8.47. The van der Waals surface area contributed by atoms with Gasteiger partial charge in [-0.05, 0) is 31.8 Å². The second kappa shape index (κ2) is 5.29. The summed E-state index contributed by atoms with van der Waals surface area (Å²) < 4.78 is 0. The lowest BCUT2D eigenvalue weighted by Crippen LogP contribution is -2.11. The minimum atomic E-state index is 0.709. The van der Waals surface area contributed by atoms with Crippen molar-refractivity contribution in [3.63, 3.8) is 0 Å². The molecule has 0 saturated heterocycles. The van der Waals surface area contributed by atoms with Crippen LogP contribution in [-0.2, 0) is 4.79 Å². The first-order valence-electron chi connectivity index (χ1n) is 4.44. The molecular weight excluding hydrogens is 176 g/mol. The number of pyridine rings is 1. The number of aldehydes is 1. The molecular formula is C11H14N2O. The van der Waals surface area contributed by atoms with Crippen LogP contribution in [0.25, 0.3) is 5.57 Å². The number of aromatic nitrogens is 1. The maximum atomic E-state index is 10.8. The quantitative estimate of drug-likeness (QED) is 0.529. The van der Waals surface area contributed by atoms with E-state index in [1.165, 1.54) is 0 Å². The van der Waals surface area contributed by atoms with Crippen LogP contribution in [0.5, 0.6) is 0 Å². The molecule has 0 radical (unpaired) electrons. The fourth-order valence-corrected chi connectivity index (χ4v) is 1.06. The normalized spacial score (nSPS) is 11.8. The highest BCUT2D eigenvalue weighted by Crippen LogP contribution is 2.09. The van der Waals surface area contributed by atoms with Gasteiger partial charge in [-0.25, -0.2) is 0 Å². The van der Waals surface area contributed by atoms with Gasteiger partial charge in [0.25, 0.3) is 0 Å². The van der Waals surface area contributed by atoms with Crippen molar-refractivity contribution in [1.82, 2.24) is 9.88 Å². The molecule has 0 aliphatic rings. The van der Waals surface area contributed by atoms with E-state index >= 15 is 0 Å². The predicted molar refractivity (Wildman–Crippen MR) is 56.8 cm³/mol. The summed E-state index contributed by atoms with van der Waals surface area (Å²) in [4.78, 5) is 16.7. The van der Waals surface area contributed by atoms with Gasteiger partial charge in [0.1, 0.15) is 6.29 Å². The average Bonchev–Trinajstić information content (AvgIpc) is 2.20. The van der Waals surface area contributed by atoms with Crippen LogP contribution < -0.4 is 0 Å². The lowest BCUT2D eigenvalue weighted by Gasteiger charge is -2.06. The fraction of sp³-hybridized carbons (Fsp3) is 0.273. The van der Waals surface area contributed by atoms with Gasteiger partial charge in [-0.15, -0.1) is 0 Å². The maximum Gasteiger partial charge on any atom is 0.150 e. The molecule has 1 aromatic heterocycles. The number of likely N-dealkylation sites (N-methyl/N-ethyl adjacent to an activating group) is 1. The van der Waals surface area contributed by atoms with Crippen molar-refractivity contribution in [1.29, 1.82) is 0 Å². The van der Waals surface area contributed by atoms with E-state index in [0.29, 0.717) is 5.57 Å². The van der Waals surface area contributed by atoms with Gasteiger partial charge in [0.15, 0.2) is 0 Å². The van der Waals surface area contributed by atoms with Crippen molar-refractivity contribution in [2.75, 3.05) is 20.6 Å². The molecule has 0 aliphatic heterocycles. The Morgan fingerprint density at radius 1 is 1.43 bits per heavy atom. The topological polar surface area (TPSA) is 33.2 Å². The van der Waals surface area contributed by atoms with E-state index in [4.69, 9.17) is 0 Å². The number of carbonyl (C=O) groups is 1. The largest absolute Gasteiger partial charge is 0.306 e. The summed E-state index contributed by atoms with van der Waals surface area (Å²) >= 11 is 0. The highest BCUT2D eigenvalue weighted by molar-refractivity contribution is 6.06. The van der Waals surface area contributed by atoms with Crippen LogP contribution in [0, 0.1) is 0 Å². The molecule has 14 heavy (non-hydrogen) atoms. The van der Waals surface area contributed by atoms with Gasteiger partial charge < -0.3 is 4.90 Å². The number of nitrogens with zero attached hydrogens (tertiary/aromatic N) is 2. The molecule has 0 aliphatic carbocycles. The van der Waals surface area contributed by atoms with Crippen molar-refractivity contribution in [2.24, 2.45) is 0 Å². The number of hydrogen-bond donors (Lipinski definition) is 0. The Hall–Kier alpha value is -1.48. The highest BCUT2D eigenvalue weighted by Gasteiger charge is 1.98. The third kappa shape index (κ3) is 3.11. The first-order chi connectivity index (χ1) is 6.74. The Morgan fingerprint density at radius 2 is 2.07 bits per heavy atom. The summed E-state index contributed by atoms with van der Waals surface area (Å²) in [5.74, 6) is 0. The van der Waals surface area contributed by atoms with Crippen molar-refractivity contribution in [2.45, 2.75) is 0 Å². The Kier molecular flexibility index (Phi) is 4.01. The van der Waals surface area contributed by atoms with E-state index in [-0.39, 0.29) is 0 Å². The third-order valence-corrected chi connectivity index (χ3v) is 1.82. The van der Waals surface area contributed by atoms with Gasteiger partial charge >= 0.3 is 0 Å². The Labute approximate surface area is 84.1 Å². The third-order valence-electron chi connectivity index (χ3n) is 1.82. The molecule has 0 saturated carbocycles.